The Hall–Kier alpha value is -2.49. The van der Waals surface area contributed by atoms with E-state index < -0.39 is 0 Å². The number of rotatable bonds is 1. The topological polar surface area (TPSA) is 45.6 Å². The summed E-state index contributed by atoms with van der Waals surface area (Å²) in [6.07, 6.45) is 7.63. The van der Waals surface area contributed by atoms with Gasteiger partial charge in [0.05, 0.1) is 5.69 Å². The molecule has 1 saturated heterocycles. The van der Waals surface area contributed by atoms with Crippen molar-refractivity contribution < 1.29 is 4.79 Å². The zero-order chi connectivity index (χ0) is 16.1. The summed E-state index contributed by atoms with van der Waals surface area (Å²) in [5, 5.41) is 0. The van der Waals surface area contributed by atoms with Crippen LogP contribution in [-0.2, 0) is 12.8 Å². The highest BCUT2D eigenvalue weighted by Crippen LogP contribution is 2.39. The molecule has 24 heavy (non-hydrogen) atoms. The number of piperidine rings is 1. The van der Waals surface area contributed by atoms with E-state index >= 15 is 0 Å². The van der Waals surface area contributed by atoms with E-state index in [0.29, 0.717) is 12.0 Å². The van der Waals surface area contributed by atoms with E-state index in [-0.39, 0.29) is 5.91 Å². The largest absolute Gasteiger partial charge is 0.335 e. The van der Waals surface area contributed by atoms with E-state index in [9.17, 15) is 4.79 Å². The SMILES string of the molecule is O=C(c1ccc2c(c1)CC=N2)N1CC[C@@H]2C[C@H]1Cc1cccnc12. The Morgan fingerprint density at radius 3 is 3.12 bits per heavy atom. The lowest BCUT2D eigenvalue weighted by atomic mass is 9.78. The Balaban J connectivity index is 1.43. The highest BCUT2D eigenvalue weighted by Gasteiger charge is 2.38. The average Bonchev–Trinajstić information content (AvgIpc) is 3.09. The number of aromatic nitrogens is 1. The van der Waals surface area contributed by atoms with Gasteiger partial charge in [-0.05, 0) is 54.7 Å². The summed E-state index contributed by atoms with van der Waals surface area (Å²) in [6.45, 7) is 0.831. The van der Waals surface area contributed by atoms with Crippen LogP contribution in [0.2, 0.25) is 0 Å². The smallest absolute Gasteiger partial charge is 0.254 e. The standard InChI is InChI=1S/C20H19N3O/c24-20(16-3-4-18-13(10-16)5-8-21-18)23-9-6-15-12-17(23)11-14-2-1-7-22-19(14)15/h1-4,7-8,10,15,17H,5-6,9,11-12H2/t15-,17-/m1/s1. The lowest BCUT2D eigenvalue weighted by Crippen LogP contribution is -2.49. The fourth-order valence-corrected chi connectivity index (χ4v) is 4.42. The van der Waals surface area contributed by atoms with Crippen molar-refractivity contribution in [2.24, 2.45) is 4.99 Å². The van der Waals surface area contributed by atoms with Gasteiger partial charge in [-0.1, -0.05) is 6.07 Å². The van der Waals surface area contributed by atoms with Gasteiger partial charge in [0, 0.05) is 48.6 Å². The van der Waals surface area contributed by atoms with Crippen LogP contribution < -0.4 is 0 Å². The summed E-state index contributed by atoms with van der Waals surface area (Å²) in [4.78, 5) is 24.1. The molecule has 2 bridgehead atoms. The third-order valence-electron chi connectivity index (χ3n) is 5.61. The molecular weight excluding hydrogens is 298 g/mol. The molecule has 0 unspecified atom stereocenters. The van der Waals surface area contributed by atoms with Crippen LogP contribution in [0.25, 0.3) is 0 Å². The minimum atomic E-state index is 0.167. The molecule has 1 fully saturated rings. The van der Waals surface area contributed by atoms with E-state index in [1.54, 1.807) is 0 Å². The zero-order valence-corrected chi connectivity index (χ0v) is 13.5. The average molecular weight is 317 g/mol. The van der Waals surface area contributed by atoms with Crippen LogP contribution in [0.4, 0.5) is 5.69 Å². The number of carbonyl (C=O) groups is 1. The maximum atomic E-state index is 13.1. The molecule has 2 aromatic rings. The van der Waals surface area contributed by atoms with Crippen molar-refractivity contribution in [2.45, 2.75) is 37.6 Å². The van der Waals surface area contributed by atoms with Gasteiger partial charge in [0.1, 0.15) is 0 Å². The van der Waals surface area contributed by atoms with Gasteiger partial charge in [0.15, 0.2) is 0 Å². The van der Waals surface area contributed by atoms with Crippen LogP contribution in [0.1, 0.15) is 45.9 Å². The molecule has 2 atom stereocenters. The first kappa shape index (κ1) is 13.9. The molecule has 4 heteroatoms. The first-order chi connectivity index (χ1) is 11.8. The first-order valence-corrected chi connectivity index (χ1v) is 8.70. The van der Waals surface area contributed by atoms with Gasteiger partial charge in [-0.3, -0.25) is 14.8 Å². The number of hydrogen-bond acceptors (Lipinski definition) is 3. The number of amides is 1. The number of pyridine rings is 1. The van der Waals surface area contributed by atoms with Crippen molar-refractivity contribution >= 4 is 17.8 Å². The van der Waals surface area contributed by atoms with Crippen molar-refractivity contribution in [3.63, 3.8) is 0 Å². The monoisotopic (exact) mass is 317 g/mol. The predicted molar refractivity (Wildman–Crippen MR) is 93.0 cm³/mol. The van der Waals surface area contributed by atoms with E-state index in [2.05, 4.69) is 20.9 Å². The third kappa shape index (κ3) is 2.09. The Morgan fingerprint density at radius 2 is 2.17 bits per heavy atom. The van der Waals surface area contributed by atoms with Crippen LogP contribution in [-0.4, -0.2) is 34.6 Å². The summed E-state index contributed by atoms with van der Waals surface area (Å²) in [5.41, 5.74) is 5.54. The van der Waals surface area contributed by atoms with Gasteiger partial charge in [-0.25, -0.2) is 0 Å². The maximum Gasteiger partial charge on any atom is 0.254 e. The van der Waals surface area contributed by atoms with Crippen LogP contribution in [0, 0.1) is 0 Å². The Kier molecular flexibility index (Phi) is 3.05. The molecule has 3 aliphatic rings. The molecule has 4 nitrogen and oxygen atoms in total. The molecule has 5 rings (SSSR count). The van der Waals surface area contributed by atoms with E-state index in [4.69, 9.17) is 0 Å². The third-order valence-corrected chi connectivity index (χ3v) is 5.61. The number of fused-ring (bicyclic) bond motifs is 5. The summed E-state index contributed by atoms with van der Waals surface area (Å²) < 4.78 is 0. The molecular formula is C20H19N3O. The molecule has 0 spiro atoms. The van der Waals surface area contributed by atoms with Gasteiger partial charge in [-0.2, -0.15) is 0 Å². The second-order valence-corrected chi connectivity index (χ2v) is 6.98. The molecule has 0 saturated carbocycles. The van der Waals surface area contributed by atoms with Gasteiger partial charge in [0.2, 0.25) is 0 Å². The molecule has 1 aliphatic carbocycles. The minimum Gasteiger partial charge on any atom is -0.335 e. The highest BCUT2D eigenvalue weighted by molar-refractivity contribution is 5.96. The maximum absolute atomic E-state index is 13.1. The Morgan fingerprint density at radius 1 is 1.21 bits per heavy atom. The molecule has 1 aromatic heterocycles. The van der Waals surface area contributed by atoms with Crippen LogP contribution in [0.5, 0.6) is 0 Å². The van der Waals surface area contributed by atoms with Gasteiger partial charge in [0.25, 0.3) is 5.91 Å². The van der Waals surface area contributed by atoms with E-state index in [1.165, 1.54) is 11.3 Å². The number of hydrogen-bond donors (Lipinski definition) is 0. The summed E-state index contributed by atoms with van der Waals surface area (Å²) in [5.74, 6) is 0.679. The second kappa shape index (κ2) is 5.26. The van der Waals surface area contributed by atoms with Crippen LogP contribution >= 0.6 is 0 Å². The van der Waals surface area contributed by atoms with E-state index in [0.717, 1.165) is 49.0 Å². The lowest BCUT2D eigenvalue weighted by Gasteiger charge is -2.43. The molecule has 0 N–H and O–H groups in total. The van der Waals surface area contributed by atoms with Crippen LogP contribution in [0.3, 0.4) is 0 Å². The minimum absolute atomic E-state index is 0.167. The number of carbonyl (C=O) groups excluding carboxylic acids is 1. The summed E-state index contributed by atoms with van der Waals surface area (Å²) >= 11 is 0. The summed E-state index contributed by atoms with van der Waals surface area (Å²) in [6, 6.07) is 10.4. The molecule has 2 aliphatic heterocycles. The van der Waals surface area contributed by atoms with Crippen LogP contribution in [0.15, 0.2) is 41.5 Å². The zero-order valence-electron chi connectivity index (χ0n) is 13.5. The fourth-order valence-electron chi connectivity index (χ4n) is 4.42. The highest BCUT2D eigenvalue weighted by atomic mass is 16.2. The van der Waals surface area contributed by atoms with Crippen molar-refractivity contribution in [2.75, 3.05) is 6.54 Å². The van der Waals surface area contributed by atoms with Gasteiger partial charge >= 0.3 is 0 Å². The predicted octanol–water partition coefficient (Wildman–Crippen LogP) is 3.28. The normalized spacial score (nSPS) is 23.8. The fraction of sp³-hybridized carbons (Fsp3) is 0.350. The molecule has 3 heterocycles. The molecule has 120 valence electrons. The van der Waals surface area contributed by atoms with Crippen molar-refractivity contribution in [3.8, 4) is 0 Å². The number of nitrogens with zero attached hydrogens (tertiary/aromatic N) is 3. The molecule has 1 amide bonds. The Bertz CT molecular complexity index is 858. The number of benzene rings is 1. The van der Waals surface area contributed by atoms with Gasteiger partial charge < -0.3 is 4.90 Å². The molecule has 0 radical (unpaired) electrons. The summed E-state index contributed by atoms with van der Waals surface area (Å²) in [7, 11) is 0. The van der Waals surface area contributed by atoms with E-state index in [1.807, 2.05) is 36.7 Å². The quantitative estimate of drug-likeness (QED) is 0.810. The molecule has 1 aromatic carbocycles. The number of aliphatic imine (C=N–C) groups is 1. The lowest BCUT2D eigenvalue weighted by molar-refractivity contribution is 0.0571. The second-order valence-electron chi connectivity index (χ2n) is 6.98. The Labute approximate surface area is 141 Å². The van der Waals surface area contributed by atoms with Crippen molar-refractivity contribution in [3.05, 3.63) is 58.9 Å². The van der Waals surface area contributed by atoms with Crippen molar-refractivity contribution in [1.29, 1.82) is 0 Å². The first-order valence-electron chi connectivity index (χ1n) is 8.70. The number of likely N-dealkylation sites (tertiary alicyclic amines) is 1. The van der Waals surface area contributed by atoms with Crippen molar-refractivity contribution in [1.82, 2.24) is 9.88 Å². The van der Waals surface area contributed by atoms with Gasteiger partial charge in [-0.15, -0.1) is 0 Å².